The number of nitrogens with zero attached hydrogens (tertiary/aromatic N) is 1. The first-order valence-electron chi connectivity index (χ1n) is 5.81. The Morgan fingerprint density at radius 3 is 2.94 bits per heavy atom. The van der Waals surface area contributed by atoms with Crippen LogP contribution in [0.5, 0.6) is 0 Å². The van der Waals surface area contributed by atoms with Gasteiger partial charge in [0.15, 0.2) is 0 Å². The lowest BCUT2D eigenvalue weighted by atomic mass is 10.2. The van der Waals surface area contributed by atoms with Gasteiger partial charge in [-0.2, -0.15) is 0 Å². The normalized spacial score (nSPS) is 20.0. The van der Waals surface area contributed by atoms with E-state index in [1.165, 1.54) is 7.11 Å². The quantitative estimate of drug-likeness (QED) is 0.610. The average molecular weight is 260 g/mol. The number of nitrogens with one attached hydrogen (secondary N) is 1. The summed E-state index contributed by atoms with van der Waals surface area (Å²) in [4.78, 5) is 24.4. The fourth-order valence-corrected chi connectivity index (χ4v) is 1.63. The molecule has 1 unspecified atom stereocenters. The second-order valence-electron chi connectivity index (χ2n) is 4.00. The van der Waals surface area contributed by atoms with Crippen molar-refractivity contribution in [1.29, 1.82) is 0 Å². The highest BCUT2D eigenvalue weighted by molar-refractivity contribution is 5.78. The second kappa shape index (κ2) is 8.02. The van der Waals surface area contributed by atoms with E-state index in [9.17, 15) is 9.59 Å². The number of carbonyl (C=O) groups is 2. The largest absolute Gasteiger partial charge is 0.383 e. The SMILES string of the molecule is COCCN1CC(CNC(=O)COC)OCC1=O. The van der Waals surface area contributed by atoms with E-state index in [0.29, 0.717) is 26.2 Å². The molecule has 0 aliphatic carbocycles. The minimum absolute atomic E-state index is 0.0268. The predicted octanol–water partition coefficient (Wildman–Crippen LogP) is -1.38. The minimum Gasteiger partial charge on any atom is -0.383 e. The Balaban J connectivity index is 2.30. The van der Waals surface area contributed by atoms with Crippen molar-refractivity contribution < 1.29 is 23.8 Å². The Morgan fingerprint density at radius 1 is 1.50 bits per heavy atom. The van der Waals surface area contributed by atoms with Gasteiger partial charge < -0.3 is 24.4 Å². The number of hydrogen-bond donors (Lipinski definition) is 1. The van der Waals surface area contributed by atoms with Gasteiger partial charge in [-0.3, -0.25) is 9.59 Å². The lowest BCUT2D eigenvalue weighted by Crippen LogP contribution is -2.51. The zero-order valence-corrected chi connectivity index (χ0v) is 10.8. The number of ether oxygens (including phenoxy) is 3. The Labute approximate surface area is 106 Å². The standard InChI is InChI=1S/C11H20N2O5/c1-16-4-3-13-6-9(18-8-11(13)15)5-12-10(14)7-17-2/h9H,3-8H2,1-2H3,(H,12,14). The van der Waals surface area contributed by atoms with Gasteiger partial charge in [-0.15, -0.1) is 0 Å². The number of carbonyl (C=O) groups excluding carboxylic acids is 2. The van der Waals surface area contributed by atoms with Gasteiger partial charge in [0, 0.05) is 33.9 Å². The molecule has 1 saturated heterocycles. The van der Waals surface area contributed by atoms with Crippen LogP contribution in [0.2, 0.25) is 0 Å². The van der Waals surface area contributed by atoms with E-state index in [1.54, 1.807) is 12.0 Å². The molecule has 1 aliphatic heterocycles. The zero-order chi connectivity index (χ0) is 13.4. The van der Waals surface area contributed by atoms with Crippen LogP contribution in [0.3, 0.4) is 0 Å². The Bertz CT molecular complexity index is 285. The first-order valence-corrected chi connectivity index (χ1v) is 5.81. The van der Waals surface area contributed by atoms with Gasteiger partial charge in [0.2, 0.25) is 11.8 Å². The molecule has 1 atom stereocenters. The van der Waals surface area contributed by atoms with E-state index in [1.807, 2.05) is 0 Å². The van der Waals surface area contributed by atoms with E-state index >= 15 is 0 Å². The predicted molar refractivity (Wildman–Crippen MR) is 63.1 cm³/mol. The van der Waals surface area contributed by atoms with Crippen molar-refractivity contribution >= 4 is 11.8 Å². The van der Waals surface area contributed by atoms with Gasteiger partial charge >= 0.3 is 0 Å². The fourth-order valence-electron chi connectivity index (χ4n) is 1.63. The molecule has 104 valence electrons. The summed E-state index contributed by atoms with van der Waals surface area (Å²) in [7, 11) is 3.05. The minimum atomic E-state index is -0.193. The number of morpholine rings is 1. The van der Waals surface area contributed by atoms with Crippen molar-refractivity contribution in [3.8, 4) is 0 Å². The fraction of sp³-hybridized carbons (Fsp3) is 0.818. The second-order valence-corrected chi connectivity index (χ2v) is 4.00. The molecular weight excluding hydrogens is 240 g/mol. The molecular formula is C11H20N2O5. The van der Waals surface area contributed by atoms with Crippen molar-refractivity contribution in [2.45, 2.75) is 6.10 Å². The molecule has 0 saturated carbocycles. The third-order valence-corrected chi connectivity index (χ3v) is 2.59. The summed E-state index contributed by atoms with van der Waals surface area (Å²) in [6.45, 7) is 1.96. The highest BCUT2D eigenvalue weighted by Crippen LogP contribution is 2.05. The summed E-state index contributed by atoms with van der Waals surface area (Å²) in [5.41, 5.74) is 0. The van der Waals surface area contributed by atoms with Gasteiger partial charge in [-0.05, 0) is 0 Å². The van der Waals surface area contributed by atoms with Crippen LogP contribution >= 0.6 is 0 Å². The maximum absolute atomic E-state index is 11.5. The first-order chi connectivity index (χ1) is 8.67. The van der Waals surface area contributed by atoms with E-state index in [-0.39, 0.29) is 31.1 Å². The maximum atomic E-state index is 11.5. The van der Waals surface area contributed by atoms with E-state index < -0.39 is 0 Å². The van der Waals surface area contributed by atoms with Crippen LogP contribution in [0.1, 0.15) is 0 Å². The summed E-state index contributed by atoms with van der Waals surface area (Å²) in [5.74, 6) is -0.243. The highest BCUT2D eigenvalue weighted by atomic mass is 16.5. The van der Waals surface area contributed by atoms with Crippen LogP contribution in [0.15, 0.2) is 0 Å². The molecule has 1 heterocycles. The van der Waals surface area contributed by atoms with Crippen molar-refractivity contribution in [2.75, 3.05) is 53.7 Å². The number of methoxy groups -OCH3 is 2. The van der Waals surface area contributed by atoms with E-state index in [0.717, 1.165) is 0 Å². The van der Waals surface area contributed by atoms with Crippen molar-refractivity contribution in [2.24, 2.45) is 0 Å². The summed E-state index contributed by atoms with van der Waals surface area (Å²) in [6.07, 6.45) is -0.180. The monoisotopic (exact) mass is 260 g/mol. The maximum Gasteiger partial charge on any atom is 0.248 e. The number of hydrogen-bond acceptors (Lipinski definition) is 5. The van der Waals surface area contributed by atoms with Gasteiger partial charge in [0.05, 0.1) is 12.7 Å². The molecule has 18 heavy (non-hydrogen) atoms. The van der Waals surface area contributed by atoms with Crippen LogP contribution in [0.25, 0.3) is 0 Å². The lowest BCUT2D eigenvalue weighted by Gasteiger charge is -2.32. The highest BCUT2D eigenvalue weighted by Gasteiger charge is 2.26. The van der Waals surface area contributed by atoms with Gasteiger partial charge in [-0.1, -0.05) is 0 Å². The van der Waals surface area contributed by atoms with Crippen molar-refractivity contribution in [3.63, 3.8) is 0 Å². The lowest BCUT2D eigenvalue weighted by molar-refractivity contribution is -0.149. The van der Waals surface area contributed by atoms with Crippen LogP contribution in [-0.2, 0) is 23.8 Å². The molecule has 7 nitrogen and oxygen atoms in total. The van der Waals surface area contributed by atoms with Crippen molar-refractivity contribution in [3.05, 3.63) is 0 Å². The third-order valence-electron chi connectivity index (χ3n) is 2.59. The van der Waals surface area contributed by atoms with Gasteiger partial charge in [-0.25, -0.2) is 0 Å². The molecule has 1 N–H and O–H groups in total. The molecule has 2 amide bonds. The Morgan fingerprint density at radius 2 is 2.28 bits per heavy atom. The molecule has 1 rings (SSSR count). The summed E-state index contributed by atoms with van der Waals surface area (Å²) in [6, 6.07) is 0. The van der Waals surface area contributed by atoms with Gasteiger partial charge in [0.1, 0.15) is 13.2 Å². The average Bonchev–Trinajstić information content (AvgIpc) is 2.36. The molecule has 0 aromatic carbocycles. The molecule has 1 fully saturated rings. The summed E-state index contributed by atoms with van der Waals surface area (Å²) >= 11 is 0. The molecule has 0 radical (unpaired) electrons. The zero-order valence-electron chi connectivity index (χ0n) is 10.8. The molecule has 0 bridgehead atoms. The van der Waals surface area contributed by atoms with E-state index in [4.69, 9.17) is 14.2 Å². The van der Waals surface area contributed by atoms with Crippen LogP contribution in [0.4, 0.5) is 0 Å². The molecule has 0 aromatic rings. The van der Waals surface area contributed by atoms with Crippen LogP contribution < -0.4 is 5.32 Å². The number of amides is 2. The first kappa shape index (κ1) is 14.9. The topological polar surface area (TPSA) is 77.1 Å². The third kappa shape index (κ3) is 4.99. The van der Waals surface area contributed by atoms with Crippen LogP contribution in [-0.4, -0.2) is 76.5 Å². The molecule has 7 heteroatoms. The number of rotatable bonds is 7. The summed E-state index contributed by atoms with van der Waals surface area (Å²) in [5, 5.41) is 2.69. The summed E-state index contributed by atoms with van der Waals surface area (Å²) < 4.78 is 15.0. The molecule has 1 aliphatic rings. The Hall–Kier alpha value is -1.18. The van der Waals surface area contributed by atoms with Crippen LogP contribution in [0, 0.1) is 0 Å². The smallest absolute Gasteiger partial charge is 0.248 e. The van der Waals surface area contributed by atoms with Crippen molar-refractivity contribution in [1.82, 2.24) is 10.2 Å². The Kier molecular flexibility index (Phi) is 6.63. The van der Waals surface area contributed by atoms with Gasteiger partial charge in [0.25, 0.3) is 0 Å². The molecule has 0 aromatic heterocycles. The molecule has 0 spiro atoms. The van der Waals surface area contributed by atoms with E-state index in [2.05, 4.69) is 5.32 Å².